The average Bonchev–Trinajstić information content (AvgIpc) is 2.42. The molecule has 1 aromatic rings. The Morgan fingerprint density at radius 1 is 1.11 bits per heavy atom. The Morgan fingerprint density at radius 2 is 1.89 bits per heavy atom. The van der Waals surface area contributed by atoms with Gasteiger partial charge in [0.1, 0.15) is 0 Å². The van der Waals surface area contributed by atoms with E-state index in [9.17, 15) is 0 Å². The van der Waals surface area contributed by atoms with Crippen LogP contribution in [0.3, 0.4) is 0 Å². The van der Waals surface area contributed by atoms with Crippen LogP contribution in [0.4, 0.5) is 0 Å². The van der Waals surface area contributed by atoms with Gasteiger partial charge in [0.25, 0.3) is 0 Å². The van der Waals surface area contributed by atoms with Crippen molar-refractivity contribution in [3.63, 3.8) is 0 Å². The maximum atomic E-state index is 9.05. The number of alkyl halides is 1. The van der Waals surface area contributed by atoms with Gasteiger partial charge in [-0.2, -0.15) is 0 Å². The highest BCUT2D eigenvalue weighted by Crippen LogP contribution is 2.28. The zero-order valence-corrected chi connectivity index (χ0v) is 13.0. The molecule has 0 amide bonds. The first-order valence-corrected chi connectivity index (χ1v) is 7.81. The van der Waals surface area contributed by atoms with Gasteiger partial charge in [0.2, 0.25) is 0 Å². The van der Waals surface area contributed by atoms with E-state index in [1.807, 2.05) is 18.2 Å². The molecule has 3 nitrogen and oxygen atoms in total. The molecule has 102 valence electrons. The average molecular weight is 364 g/mol. The normalized spacial score (nSPS) is 10.4. The highest BCUT2D eigenvalue weighted by atomic mass is 127. The first-order chi connectivity index (χ1) is 8.81. The molecule has 0 radical (unpaired) electrons. The fourth-order valence-electron chi connectivity index (χ4n) is 1.66. The molecule has 0 fully saturated rings. The quantitative estimate of drug-likeness (QED) is 0.414. The van der Waals surface area contributed by atoms with Gasteiger partial charge in [-0.25, -0.2) is 0 Å². The summed E-state index contributed by atoms with van der Waals surface area (Å²) < 4.78 is 12.2. The van der Waals surface area contributed by atoms with E-state index in [0.717, 1.165) is 24.3 Å². The lowest BCUT2D eigenvalue weighted by Crippen LogP contribution is -2.00. The largest absolute Gasteiger partial charge is 0.493 e. The summed E-state index contributed by atoms with van der Waals surface area (Å²) in [4.78, 5) is 0. The number of halogens is 1. The number of unbranched alkanes of at least 4 members (excludes halogenated alkanes) is 3. The predicted octanol–water partition coefficient (Wildman–Crippen LogP) is 3.56. The Morgan fingerprint density at radius 3 is 2.56 bits per heavy atom. The smallest absolute Gasteiger partial charge is 0.161 e. The van der Waals surface area contributed by atoms with E-state index in [2.05, 4.69) is 22.6 Å². The number of benzene rings is 1. The summed E-state index contributed by atoms with van der Waals surface area (Å²) in [5.41, 5.74) is 0.834. The second-order valence-electron chi connectivity index (χ2n) is 4.09. The van der Waals surface area contributed by atoms with Crippen molar-refractivity contribution in [1.29, 1.82) is 0 Å². The maximum Gasteiger partial charge on any atom is 0.161 e. The summed E-state index contributed by atoms with van der Waals surface area (Å²) in [6.45, 7) is 0.739. The van der Waals surface area contributed by atoms with Crippen LogP contribution in [-0.2, 0) is 6.61 Å². The Bertz CT molecular complexity index is 342. The molecule has 0 aliphatic heterocycles. The minimum Gasteiger partial charge on any atom is -0.493 e. The Hall–Kier alpha value is -0.490. The van der Waals surface area contributed by atoms with Crippen molar-refractivity contribution in [2.75, 3.05) is 18.1 Å². The molecule has 0 heterocycles. The molecule has 0 bridgehead atoms. The second kappa shape index (κ2) is 9.44. The van der Waals surface area contributed by atoms with E-state index >= 15 is 0 Å². The molecule has 0 aliphatic carbocycles. The van der Waals surface area contributed by atoms with E-state index in [0.29, 0.717) is 5.75 Å². The van der Waals surface area contributed by atoms with Crippen molar-refractivity contribution in [3.05, 3.63) is 23.8 Å². The van der Waals surface area contributed by atoms with Crippen molar-refractivity contribution >= 4 is 22.6 Å². The molecule has 1 N–H and O–H groups in total. The van der Waals surface area contributed by atoms with Crippen LogP contribution in [0, 0.1) is 0 Å². The molecule has 0 aromatic heterocycles. The lowest BCUT2D eigenvalue weighted by atomic mass is 10.2. The molecule has 1 aromatic carbocycles. The molecular weight excluding hydrogens is 343 g/mol. The molecule has 1 rings (SSSR count). The monoisotopic (exact) mass is 364 g/mol. The van der Waals surface area contributed by atoms with Gasteiger partial charge in [-0.1, -0.05) is 41.5 Å². The molecule has 0 saturated carbocycles. The van der Waals surface area contributed by atoms with E-state index in [1.165, 1.54) is 23.7 Å². The van der Waals surface area contributed by atoms with Crippen molar-refractivity contribution in [3.8, 4) is 11.5 Å². The molecule has 4 heteroatoms. The van der Waals surface area contributed by atoms with E-state index in [1.54, 1.807) is 7.11 Å². The van der Waals surface area contributed by atoms with Crippen molar-refractivity contribution in [2.45, 2.75) is 32.3 Å². The lowest BCUT2D eigenvalue weighted by molar-refractivity contribution is 0.275. The van der Waals surface area contributed by atoms with Gasteiger partial charge in [-0.15, -0.1) is 0 Å². The fourth-order valence-corrected chi connectivity index (χ4v) is 2.20. The van der Waals surface area contributed by atoms with E-state index in [4.69, 9.17) is 14.6 Å². The number of methoxy groups -OCH3 is 1. The predicted molar refractivity (Wildman–Crippen MR) is 81.8 cm³/mol. The van der Waals surface area contributed by atoms with Crippen LogP contribution in [-0.4, -0.2) is 23.3 Å². The standard InChI is InChI=1S/C14H21IO3/c1-17-14-10-12(11-16)6-7-13(14)18-9-5-3-2-4-8-15/h6-7,10,16H,2-5,8-9,11H2,1H3. The van der Waals surface area contributed by atoms with Crippen LogP contribution in [0.5, 0.6) is 11.5 Å². The lowest BCUT2D eigenvalue weighted by Gasteiger charge is -2.11. The minimum absolute atomic E-state index is 0.0208. The van der Waals surface area contributed by atoms with E-state index in [-0.39, 0.29) is 6.61 Å². The van der Waals surface area contributed by atoms with Gasteiger partial charge in [0, 0.05) is 0 Å². The summed E-state index contributed by atoms with van der Waals surface area (Å²) in [6, 6.07) is 5.52. The van der Waals surface area contributed by atoms with Gasteiger partial charge in [-0.05, 0) is 35.0 Å². The van der Waals surface area contributed by atoms with Crippen LogP contribution in [0.25, 0.3) is 0 Å². The second-order valence-corrected chi connectivity index (χ2v) is 5.17. The van der Waals surface area contributed by atoms with Crippen LogP contribution >= 0.6 is 22.6 Å². The third-order valence-electron chi connectivity index (χ3n) is 2.70. The molecule has 0 aliphatic rings. The molecule has 0 saturated heterocycles. The topological polar surface area (TPSA) is 38.7 Å². The number of aliphatic hydroxyl groups excluding tert-OH is 1. The zero-order chi connectivity index (χ0) is 13.2. The third-order valence-corrected chi connectivity index (χ3v) is 3.46. The van der Waals surface area contributed by atoms with Gasteiger partial charge in [0.05, 0.1) is 20.3 Å². The van der Waals surface area contributed by atoms with Gasteiger partial charge in [0.15, 0.2) is 11.5 Å². The fraction of sp³-hybridized carbons (Fsp3) is 0.571. The number of ether oxygens (including phenoxy) is 2. The molecule has 0 unspecified atom stereocenters. The number of rotatable bonds is 9. The highest BCUT2D eigenvalue weighted by Gasteiger charge is 2.05. The van der Waals surface area contributed by atoms with Gasteiger partial charge < -0.3 is 14.6 Å². The summed E-state index contributed by atoms with van der Waals surface area (Å²) in [7, 11) is 1.61. The van der Waals surface area contributed by atoms with Crippen LogP contribution in [0.1, 0.15) is 31.2 Å². The number of aliphatic hydroxyl groups is 1. The Labute approximate surface area is 123 Å². The minimum atomic E-state index is 0.0208. The Kier molecular flexibility index (Phi) is 8.17. The van der Waals surface area contributed by atoms with Gasteiger partial charge >= 0.3 is 0 Å². The molecule has 18 heavy (non-hydrogen) atoms. The van der Waals surface area contributed by atoms with Crippen molar-refractivity contribution < 1.29 is 14.6 Å². The maximum absolute atomic E-state index is 9.05. The number of hydrogen-bond donors (Lipinski definition) is 1. The Balaban J connectivity index is 2.37. The van der Waals surface area contributed by atoms with E-state index < -0.39 is 0 Å². The number of hydrogen-bond acceptors (Lipinski definition) is 3. The summed E-state index contributed by atoms with van der Waals surface area (Å²) in [6.07, 6.45) is 4.84. The van der Waals surface area contributed by atoms with Crippen LogP contribution < -0.4 is 9.47 Å². The summed E-state index contributed by atoms with van der Waals surface area (Å²) >= 11 is 2.41. The van der Waals surface area contributed by atoms with Crippen molar-refractivity contribution in [2.24, 2.45) is 0 Å². The molecular formula is C14H21IO3. The SMILES string of the molecule is COc1cc(CO)ccc1OCCCCCCI. The summed E-state index contributed by atoms with van der Waals surface area (Å²) in [5.74, 6) is 1.44. The first kappa shape index (κ1) is 15.6. The summed E-state index contributed by atoms with van der Waals surface area (Å²) in [5, 5.41) is 9.05. The molecule has 0 spiro atoms. The van der Waals surface area contributed by atoms with Gasteiger partial charge in [-0.3, -0.25) is 0 Å². The highest BCUT2D eigenvalue weighted by molar-refractivity contribution is 14.1. The van der Waals surface area contributed by atoms with Crippen LogP contribution in [0.2, 0.25) is 0 Å². The first-order valence-electron chi connectivity index (χ1n) is 6.28. The third kappa shape index (κ3) is 5.44. The van der Waals surface area contributed by atoms with Crippen LogP contribution in [0.15, 0.2) is 18.2 Å². The van der Waals surface area contributed by atoms with Crippen molar-refractivity contribution in [1.82, 2.24) is 0 Å². The zero-order valence-electron chi connectivity index (χ0n) is 10.8. The molecule has 0 atom stereocenters.